The van der Waals surface area contributed by atoms with Crippen molar-refractivity contribution >= 4 is 11.6 Å². The van der Waals surface area contributed by atoms with Crippen LogP contribution in [0, 0.1) is 0 Å². The summed E-state index contributed by atoms with van der Waals surface area (Å²) in [6, 6.07) is 14.0. The summed E-state index contributed by atoms with van der Waals surface area (Å²) in [5.74, 6) is 0.0543. The van der Waals surface area contributed by atoms with Crippen molar-refractivity contribution in [1.82, 2.24) is 5.32 Å². The van der Waals surface area contributed by atoms with Gasteiger partial charge in [-0.3, -0.25) is 4.79 Å². The van der Waals surface area contributed by atoms with Gasteiger partial charge >= 0.3 is 6.61 Å². The normalized spacial score (nSPS) is 12.0. The molecule has 1 amide bonds. The van der Waals surface area contributed by atoms with Crippen molar-refractivity contribution in [3.8, 4) is 5.75 Å². The lowest BCUT2D eigenvalue weighted by atomic mass is 10.1. The van der Waals surface area contributed by atoms with E-state index in [9.17, 15) is 13.6 Å². The van der Waals surface area contributed by atoms with Gasteiger partial charge in [-0.2, -0.15) is 8.78 Å². The molecule has 0 aliphatic rings. The maximum absolute atomic E-state index is 12.5. The molecule has 2 aromatic rings. The van der Waals surface area contributed by atoms with Crippen molar-refractivity contribution in [3.63, 3.8) is 0 Å². The van der Waals surface area contributed by atoms with E-state index in [0.29, 0.717) is 12.1 Å². The van der Waals surface area contributed by atoms with Crippen molar-refractivity contribution in [2.45, 2.75) is 33.0 Å². The standard InChI is InChI=1S/C18H20F2N2O2/c1-12(16-5-3-4-6-17(16)24-18(19)20)21-11-14-7-9-15(10-8-14)22-13(2)23/h3-10,12,18,21H,11H2,1-2H3,(H,22,23)/t12-/m1/s1. The summed E-state index contributed by atoms with van der Waals surface area (Å²) in [7, 11) is 0. The Morgan fingerprint density at radius 2 is 1.79 bits per heavy atom. The Hall–Kier alpha value is -2.47. The predicted octanol–water partition coefficient (Wildman–Crippen LogP) is 4.10. The number of hydrogen-bond donors (Lipinski definition) is 2. The molecular formula is C18H20F2N2O2. The second-order valence-electron chi connectivity index (χ2n) is 5.40. The summed E-state index contributed by atoms with van der Waals surface area (Å²) in [4.78, 5) is 11.0. The van der Waals surface area contributed by atoms with Crippen LogP contribution >= 0.6 is 0 Å². The Kier molecular flexibility index (Phi) is 6.26. The number of amides is 1. The van der Waals surface area contributed by atoms with Crippen molar-refractivity contribution < 1.29 is 18.3 Å². The SMILES string of the molecule is CC(=O)Nc1ccc(CN[C@H](C)c2ccccc2OC(F)F)cc1. The van der Waals surface area contributed by atoms with Gasteiger partial charge in [0, 0.05) is 30.8 Å². The van der Waals surface area contributed by atoms with E-state index in [1.165, 1.54) is 13.0 Å². The first kappa shape index (κ1) is 17.9. The third-order valence-corrected chi connectivity index (χ3v) is 3.49. The number of anilines is 1. The molecule has 0 aromatic heterocycles. The summed E-state index contributed by atoms with van der Waals surface area (Å²) in [6.07, 6.45) is 0. The second kappa shape index (κ2) is 8.40. The molecule has 6 heteroatoms. The molecule has 0 unspecified atom stereocenters. The first-order chi connectivity index (χ1) is 11.5. The average molecular weight is 334 g/mol. The van der Waals surface area contributed by atoms with E-state index in [-0.39, 0.29) is 17.7 Å². The van der Waals surface area contributed by atoms with E-state index >= 15 is 0 Å². The highest BCUT2D eigenvalue weighted by Crippen LogP contribution is 2.26. The molecule has 2 N–H and O–H groups in total. The zero-order valence-corrected chi connectivity index (χ0v) is 13.6. The van der Waals surface area contributed by atoms with Gasteiger partial charge in [0.15, 0.2) is 0 Å². The zero-order chi connectivity index (χ0) is 17.5. The first-order valence-corrected chi connectivity index (χ1v) is 7.59. The summed E-state index contributed by atoms with van der Waals surface area (Å²) < 4.78 is 29.5. The number of halogens is 2. The Morgan fingerprint density at radius 1 is 1.12 bits per heavy atom. The smallest absolute Gasteiger partial charge is 0.387 e. The topological polar surface area (TPSA) is 50.4 Å². The molecule has 4 nitrogen and oxygen atoms in total. The van der Waals surface area contributed by atoms with Gasteiger partial charge in [-0.15, -0.1) is 0 Å². The third kappa shape index (κ3) is 5.31. The number of ether oxygens (including phenoxy) is 1. The minimum absolute atomic E-state index is 0.120. The van der Waals surface area contributed by atoms with Gasteiger partial charge in [0.05, 0.1) is 0 Å². The fourth-order valence-corrected chi connectivity index (χ4v) is 2.33. The fourth-order valence-electron chi connectivity index (χ4n) is 2.33. The highest BCUT2D eigenvalue weighted by atomic mass is 19.3. The summed E-state index contributed by atoms with van der Waals surface area (Å²) in [5, 5.41) is 5.98. The number of nitrogens with one attached hydrogen (secondary N) is 2. The minimum Gasteiger partial charge on any atom is -0.434 e. The van der Waals surface area contributed by atoms with Gasteiger partial charge in [0.25, 0.3) is 0 Å². The maximum Gasteiger partial charge on any atom is 0.387 e. The molecule has 0 saturated carbocycles. The molecule has 0 aliphatic heterocycles. The van der Waals surface area contributed by atoms with E-state index in [0.717, 1.165) is 11.3 Å². The number of hydrogen-bond acceptors (Lipinski definition) is 3. The van der Waals surface area contributed by atoms with Gasteiger partial charge < -0.3 is 15.4 Å². The predicted molar refractivity (Wildman–Crippen MR) is 89.1 cm³/mol. The molecule has 2 rings (SSSR count). The van der Waals surface area contributed by atoms with Crippen molar-refractivity contribution in [3.05, 3.63) is 59.7 Å². The fraction of sp³-hybridized carbons (Fsp3) is 0.278. The van der Waals surface area contributed by atoms with Crippen LogP contribution in [0.3, 0.4) is 0 Å². The van der Waals surface area contributed by atoms with E-state index in [2.05, 4.69) is 15.4 Å². The zero-order valence-electron chi connectivity index (χ0n) is 13.6. The molecular weight excluding hydrogens is 314 g/mol. The Morgan fingerprint density at radius 3 is 2.42 bits per heavy atom. The molecule has 0 saturated heterocycles. The number of carbonyl (C=O) groups is 1. The van der Waals surface area contributed by atoms with E-state index < -0.39 is 6.61 Å². The summed E-state index contributed by atoms with van der Waals surface area (Å²) in [5.41, 5.74) is 2.42. The maximum atomic E-state index is 12.5. The molecule has 2 aromatic carbocycles. The molecule has 0 fully saturated rings. The van der Waals surface area contributed by atoms with Crippen LogP contribution in [0.4, 0.5) is 14.5 Å². The Balaban J connectivity index is 1.98. The number of alkyl halides is 2. The van der Waals surface area contributed by atoms with E-state index in [4.69, 9.17) is 0 Å². The first-order valence-electron chi connectivity index (χ1n) is 7.59. The summed E-state index contributed by atoms with van der Waals surface area (Å²) in [6.45, 7) is 1.06. The van der Waals surface area contributed by atoms with Crippen molar-refractivity contribution in [2.75, 3.05) is 5.32 Å². The van der Waals surface area contributed by atoms with Crippen molar-refractivity contribution in [1.29, 1.82) is 0 Å². The number of para-hydroxylation sites is 1. The minimum atomic E-state index is -2.85. The van der Waals surface area contributed by atoms with Gasteiger partial charge in [-0.25, -0.2) is 0 Å². The van der Waals surface area contributed by atoms with E-state index in [1.54, 1.807) is 18.2 Å². The quantitative estimate of drug-likeness (QED) is 0.801. The highest BCUT2D eigenvalue weighted by Gasteiger charge is 2.14. The van der Waals surface area contributed by atoms with Crippen LogP contribution in [0.15, 0.2) is 48.5 Å². The third-order valence-electron chi connectivity index (χ3n) is 3.49. The van der Waals surface area contributed by atoms with Crippen LogP contribution in [-0.4, -0.2) is 12.5 Å². The van der Waals surface area contributed by atoms with Crippen molar-refractivity contribution in [2.24, 2.45) is 0 Å². The van der Waals surface area contributed by atoms with Crippen LogP contribution in [0.2, 0.25) is 0 Å². The van der Waals surface area contributed by atoms with Gasteiger partial charge in [0.1, 0.15) is 5.75 Å². The average Bonchev–Trinajstić information content (AvgIpc) is 2.53. The van der Waals surface area contributed by atoms with Gasteiger partial charge in [0.2, 0.25) is 5.91 Å². The Labute approximate surface area is 139 Å². The van der Waals surface area contributed by atoms with Crippen LogP contribution < -0.4 is 15.4 Å². The van der Waals surface area contributed by atoms with Crippen LogP contribution in [-0.2, 0) is 11.3 Å². The van der Waals surface area contributed by atoms with Crippen LogP contribution in [0.5, 0.6) is 5.75 Å². The molecule has 128 valence electrons. The van der Waals surface area contributed by atoms with Crippen LogP contribution in [0.1, 0.15) is 31.0 Å². The molecule has 1 atom stereocenters. The molecule has 0 aliphatic carbocycles. The number of rotatable bonds is 7. The highest BCUT2D eigenvalue weighted by molar-refractivity contribution is 5.88. The van der Waals surface area contributed by atoms with E-state index in [1.807, 2.05) is 31.2 Å². The van der Waals surface area contributed by atoms with Gasteiger partial charge in [-0.1, -0.05) is 30.3 Å². The lowest BCUT2D eigenvalue weighted by Crippen LogP contribution is -2.19. The molecule has 0 heterocycles. The molecule has 24 heavy (non-hydrogen) atoms. The summed E-state index contributed by atoms with van der Waals surface area (Å²) >= 11 is 0. The monoisotopic (exact) mass is 334 g/mol. The second-order valence-corrected chi connectivity index (χ2v) is 5.40. The number of benzene rings is 2. The largest absolute Gasteiger partial charge is 0.434 e. The van der Waals surface area contributed by atoms with Crippen LogP contribution in [0.25, 0.3) is 0 Å². The van der Waals surface area contributed by atoms with Gasteiger partial charge in [-0.05, 0) is 30.7 Å². The lowest BCUT2D eigenvalue weighted by molar-refractivity contribution is -0.114. The molecule has 0 bridgehead atoms. The lowest BCUT2D eigenvalue weighted by Gasteiger charge is -2.18. The Bertz CT molecular complexity index is 675. The molecule has 0 spiro atoms. The number of carbonyl (C=O) groups excluding carboxylic acids is 1. The molecule has 0 radical (unpaired) electrons.